The van der Waals surface area contributed by atoms with Crippen molar-refractivity contribution in [2.75, 3.05) is 11.9 Å². The lowest BCUT2D eigenvalue weighted by Crippen LogP contribution is -2.39. The average Bonchev–Trinajstić information content (AvgIpc) is 2.93. The number of ether oxygens (including phenoxy) is 1. The van der Waals surface area contributed by atoms with Crippen molar-refractivity contribution in [2.24, 2.45) is 11.8 Å². The Morgan fingerprint density at radius 1 is 1.18 bits per heavy atom. The van der Waals surface area contributed by atoms with E-state index in [1.165, 1.54) is 6.92 Å². The number of carbonyl (C=O) groups is 4. The lowest BCUT2D eigenvalue weighted by atomic mass is 9.85. The molecule has 1 aliphatic carbocycles. The van der Waals surface area contributed by atoms with Crippen molar-refractivity contribution in [1.82, 2.24) is 4.90 Å². The summed E-state index contributed by atoms with van der Waals surface area (Å²) in [4.78, 5) is 50.0. The number of fused-ring (bicyclic) bond motifs is 1. The number of amides is 3. The molecule has 3 rings (SSSR count). The van der Waals surface area contributed by atoms with Gasteiger partial charge in [0.2, 0.25) is 11.8 Å². The molecule has 0 spiro atoms. The second-order valence-corrected chi connectivity index (χ2v) is 6.73. The average molecular weight is 381 g/mol. The highest BCUT2D eigenvalue weighted by Gasteiger charge is 2.47. The number of hydrogen-bond donors (Lipinski definition) is 1. The molecule has 0 radical (unpaired) electrons. The number of nitrogens with one attached hydrogen (secondary N) is 1. The number of carbonyl (C=O) groups excluding carboxylic acids is 4. The van der Waals surface area contributed by atoms with Gasteiger partial charge in [-0.3, -0.25) is 24.1 Å². The number of allylic oxidation sites excluding steroid dienone is 2. The van der Waals surface area contributed by atoms with E-state index in [0.29, 0.717) is 24.1 Å². The fourth-order valence-corrected chi connectivity index (χ4v) is 3.31. The molecule has 3 atom stereocenters. The normalized spacial score (nSPS) is 21.6. The number of benzene rings is 1. The first-order valence-corrected chi connectivity index (χ1v) is 8.91. The van der Waals surface area contributed by atoms with Crippen LogP contribution in [0, 0.1) is 23.2 Å². The van der Waals surface area contributed by atoms with E-state index in [0.717, 1.165) is 4.90 Å². The Labute approximate surface area is 161 Å². The number of hydrogen-bond acceptors (Lipinski definition) is 6. The molecule has 1 aliphatic heterocycles. The molecular weight excluding hydrogens is 362 g/mol. The summed E-state index contributed by atoms with van der Waals surface area (Å²) in [5.41, 5.74) is 0.904. The van der Waals surface area contributed by atoms with Crippen LogP contribution in [0.2, 0.25) is 0 Å². The standard InChI is InChI=1S/C20H19N3O5/c1-12(18(25)22-14-8-6-13(10-21)7-9-14)28-17(24)11-23-19(26)15-4-2-3-5-16(15)20(23)27/h2-3,6-9,12,15-16H,4-5,11H2,1H3,(H,22,25)/t12-,15-,16+/m1/s1. The van der Waals surface area contributed by atoms with Gasteiger partial charge in [0.1, 0.15) is 6.54 Å². The minimum Gasteiger partial charge on any atom is -0.451 e. The van der Waals surface area contributed by atoms with E-state index in [1.54, 1.807) is 24.3 Å². The topological polar surface area (TPSA) is 117 Å². The highest BCUT2D eigenvalue weighted by atomic mass is 16.5. The zero-order valence-corrected chi connectivity index (χ0v) is 15.3. The van der Waals surface area contributed by atoms with Gasteiger partial charge in [-0.1, -0.05) is 12.2 Å². The van der Waals surface area contributed by atoms with E-state index in [9.17, 15) is 19.2 Å². The monoisotopic (exact) mass is 381 g/mol. The zero-order valence-electron chi connectivity index (χ0n) is 15.3. The van der Waals surface area contributed by atoms with Crippen LogP contribution in [-0.2, 0) is 23.9 Å². The summed E-state index contributed by atoms with van der Waals surface area (Å²) < 4.78 is 5.08. The minimum absolute atomic E-state index is 0.369. The fourth-order valence-electron chi connectivity index (χ4n) is 3.31. The second-order valence-electron chi connectivity index (χ2n) is 6.73. The first-order valence-electron chi connectivity index (χ1n) is 8.91. The van der Waals surface area contributed by atoms with E-state index in [4.69, 9.17) is 10.00 Å². The number of likely N-dealkylation sites (tertiary alicyclic amines) is 1. The Morgan fingerprint density at radius 3 is 2.29 bits per heavy atom. The van der Waals surface area contributed by atoms with Crippen LogP contribution in [0.25, 0.3) is 0 Å². The van der Waals surface area contributed by atoms with Gasteiger partial charge in [-0.15, -0.1) is 0 Å². The van der Waals surface area contributed by atoms with E-state index < -0.39 is 36.4 Å². The van der Waals surface area contributed by atoms with Crippen molar-refractivity contribution >= 4 is 29.4 Å². The maximum absolute atomic E-state index is 12.4. The summed E-state index contributed by atoms with van der Waals surface area (Å²) in [6, 6.07) is 8.18. The molecule has 1 aromatic carbocycles. The molecule has 8 nitrogen and oxygen atoms in total. The number of rotatable bonds is 5. The smallest absolute Gasteiger partial charge is 0.326 e. The first kappa shape index (κ1) is 19.3. The molecule has 0 unspecified atom stereocenters. The summed E-state index contributed by atoms with van der Waals surface area (Å²) in [5.74, 6) is -2.95. The van der Waals surface area contributed by atoms with E-state index in [2.05, 4.69) is 5.32 Å². The lowest BCUT2D eigenvalue weighted by molar-refractivity contribution is -0.158. The Morgan fingerprint density at radius 2 is 1.75 bits per heavy atom. The summed E-state index contributed by atoms with van der Waals surface area (Å²) >= 11 is 0. The molecule has 1 aromatic rings. The van der Waals surface area contributed by atoms with Crippen LogP contribution in [0.3, 0.4) is 0 Å². The third-order valence-corrected chi connectivity index (χ3v) is 4.85. The Bertz CT molecular complexity index is 858. The van der Waals surface area contributed by atoms with Crippen molar-refractivity contribution in [1.29, 1.82) is 5.26 Å². The lowest BCUT2D eigenvalue weighted by Gasteiger charge is -2.17. The maximum Gasteiger partial charge on any atom is 0.326 e. The van der Waals surface area contributed by atoms with Gasteiger partial charge in [0.25, 0.3) is 5.91 Å². The zero-order chi connectivity index (χ0) is 20.3. The maximum atomic E-state index is 12.4. The molecule has 28 heavy (non-hydrogen) atoms. The van der Waals surface area contributed by atoms with Crippen LogP contribution in [0.1, 0.15) is 25.3 Å². The van der Waals surface area contributed by atoms with Gasteiger partial charge in [0.15, 0.2) is 6.10 Å². The molecule has 8 heteroatoms. The van der Waals surface area contributed by atoms with Gasteiger partial charge < -0.3 is 10.1 Å². The van der Waals surface area contributed by atoms with Crippen molar-refractivity contribution in [2.45, 2.75) is 25.9 Å². The second kappa shape index (κ2) is 8.05. The Kier molecular flexibility index (Phi) is 5.54. The van der Waals surface area contributed by atoms with E-state index in [-0.39, 0.29) is 11.8 Å². The highest BCUT2D eigenvalue weighted by molar-refractivity contribution is 6.07. The summed E-state index contributed by atoms with van der Waals surface area (Å²) in [7, 11) is 0. The Balaban J connectivity index is 1.54. The van der Waals surface area contributed by atoms with Gasteiger partial charge in [-0.05, 0) is 44.0 Å². The fraction of sp³-hybridized carbons (Fsp3) is 0.350. The predicted molar refractivity (Wildman–Crippen MR) is 97.4 cm³/mol. The number of anilines is 1. The number of nitrogens with zero attached hydrogens (tertiary/aromatic N) is 2. The Hall–Kier alpha value is -3.47. The molecule has 3 amide bonds. The van der Waals surface area contributed by atoms with Gasteiger partial charge in [-0.2, -0.15) is 5.26 Å². The van der Waals surface area contributed by atoms with Gasteiger partial charge in [0, 0.05) is 5.69 Å². The third kappa shape index (κ3) is 3.93. The minimum atomic E-state index is -1.11. The van der Waals surface area contributed by atoms with Gasteiger partial charge >= 0.3 is 5.97 Å². The van der Waals surface area contributed by atoms with E-state index in [1.807, 2.05) is 18.2 Å². The molecule has 1 saturated heterocycles. The van der Waals surface area contributed by atoms with Crippen molar-refractivity contribution in [3.05, 3.63) is 42.0 Å². The van der Waals surface area contributed by atoms with Crippen molar-refractivity contribution in [3.63, 3.8) is 0 Å². The molecule has 2 aliphatic rings. The summed E-state index contributed by atoms with van der Waals surface area (Å²) in [5, 5.41) is 11.3. The number of imide groups is 1. The third-order valence-electron chi connectivity index (χ3n) is 4.85. The van der Waals surface area contributed by atoms with Crippen molar-refractivity contribution < 1.29 is 23.9 Å². The molecule has 0 bridgehead atoms. The molecular formula is C20H19N3O5. The molecule has 0 saturated carbocycles. The van der Waals surface area contributed by atoms with Gasteiger partial charge in [0.05, 0.1) is 23.5 Å². The van der Waals surface area contributed by atoms with Crippen LogP contribution < -0.4 is 5.32 Å². The van der Waals surface area contributed by atoms with Crippen LogP contribution in [0.15, 0.2) is 36.4 Å². The summed E-state index contributed by atoms with van der Waals surface area (Å²) in [6.45, 7) is 0.896. The number of esters is 1. The molecule has 0 aromatic heterocycles. The van der Waals surface area contributed by atoms with Crippen LogP contribution in [-0.4, -0.2) is 41.2 Å². The molecule has 1 N–H and O–H groups in total. The first-order chi connectivity index (χ1) is 13.4. The van der Waals surface area contributed by atoms with E-state index >= 15 is 0 Å². The molecule has 1 fully saturated rings. The van der Waals surface area contributed by atoms with Crippen LogP contribution >= 0.6 is 0 Å². The quantitative estimate of drug-likeness (QED) is 0.468. The molecule has 144 valence electrons. The predicted octanol–water partition coefficient (Wildman–Crippen LogP) is 1.38. The summed E-state index contributed by atoms with van der Waals surface area (Å²) in [6.07, 6.45) is 3.60. The van der Waals surface area contributed by atoms with Gasteiger partial charge in [-0.25, -0.2) is 0 Å². The SMILES string of the molecule is C[C@@H](OC(=O)CN1C(=O)[C@H]2CC=CC[C@H]2C1=O)C(=O)Nc1ccc(C#N)cc1. The van der Waals surface area contributed by atoms with Crippen LogP contribution in [0.4, 0.5) is 5.69 Å². The number of nitriles is 1. The molecule has 1 heterocycles. The highest BCUT2D eigenvalue weighted by Crippen LogP contribution is 2.34. The largest absolute Gasteiger partial charge is 0.451 e. The van der Waals surface area contributed by atoms with Crippen LogP contribution in [0.5, 0.6) is 0 Å². The van der Waals surface area contributed by atoms with Crippen molar-refractivity contribution in [3.8, 4) is 6.07 Å².